The summed E-state index contributed by atoms with van der Waals surface area (Å²) < 4.78 is 0. The van der Waals surface area contributed by atoms with Crippen LogP contribution in [0.3, 0.4) is 0 Å². The number of nitrogens with zero attached hydrogens (tertiary/aromatic N) is 2. The molecule has 1 atom stereocenters. The van der Waals surface area contributed by atoms with Crippen LogP contribution in [0.15, 0.2) is 53.9 Å². The Balaban J connectivity index is 1.44. The van der Waals surface area contributed by atoms with E-state index in [0.717, 1.165) is 21.8 Å². The Morgan fingerprint density at radius 3 is 2.70 bits per heavy atom. The van der Waals surface area contributed by atoms with E-state index in [4.69, 9.17) is 0 Å². The van der Waals surface area contributed by atoms with Crippen molar-refractivity contribution in [3.8, 4) is 0 Å². The SMILES string of the molecule is Cc1ccc(NC(=O)C2CSCN2C(=O)c2csc(Cc3ccccc3)n2)cc1C. The maximum absolute atomic E-state index is 13.1. The van der Waals surface area contributed by atoms with Gasteiger partial charge in [-0.1, -0.05) is 36.4 Å². The molecule has 0 spiro atoms. The number of aryl methyl sites for hydroxylation is 2. The lowest BCUT2D eigenvalue weighted by Gasteiger charge is -2.22. The smallest absolute Gasteiger partial charge is 0.274 e. The maximum atomic E-state index is 13.1. The van der Waals surface area contributed by atoms with Gasteiger partial charge < -0.3 is 10.2 Å². The molecule has 7 heteroatoms. The van der Waals surface area contributed by atoms with Crippen molar-refractivity contribution < 1.29 is 9.59 Å². The van der Waals surface area contributed by atoms with Gasteiger partial charge in [0.2, 0.25) is 5.91 Å². The number of anilines is 1. The number of nitrogens with one attached hydrogen (secondary N) is 1. The van der Waals surface area contributed by atoms with E-state index >= 15 is 0 Å². The van der Waals surface area contributed by atoms with Gasteiger partial charge in [-0.05, 0) is 42.7 Å². The van der Waals surface area contributed by atoms with E-state index in [1.54, 1.807) is 22.0 Å². The molecule has 5 nitrogen and oxygen atoms in total. The first-order chi connectivity index (χ1) is 14.5. The molecular weight excluding hydrogens is 414 g/mol. The van der Waals surface area contributed by atoms with Gasteiger partial charge in [-0.2, -0.15) is 0 Å². The number of amides is 2. The summed E-state index contributed by atoms with van der Waals surface area (Å²) in [5.74, 6) is 0.742. The summed E-state index contributed by atoms with van der Waals surface area (Å²) in [5, 5.41) is 5.65. The fourth-order valence-corrected chi connectivity index (χ4v) is 5.27. The third-order valence-electron chi connectivity index (χ3n) is 5.19. The van der Waals surface area contributed by atoms with E-state index in [1.807, 2.05) is 62.4 Å². The van der Waals surface area contributed by atoms with Gasteiger partial charge in [0.15, 0.2) is 0 Å². The van der Waals surface area contributed by atoms with Crippen LogP contribution in [0.5, 0.6) is 0 Å². The maximum Gasteiger partial charge on any atom is 0.274 e. The average molecular weight is 438 g/mol. The molecule has 4 rings (SSSR count). The molecule has 1 aromatic heterocycles. The van der Waals surface area contributed by atoms with Crippen molar-refractivity contribution in [3.05, 3.63) is 81.3 Å². The fraction of sp³-hybridized carbons (Fsp3) is 0.261. The molecule has 1 aliphatic heterocycles. The Morgan fingerprint density at radius 1 is 1.13 bits per heavy atom. The lowest BCUT2D eigenvalue weighted by Crippen LogP contribution is -2.44. The van der Waals surface area contributed by atoms with Gasteiger partial charge in [0.25, 0.3) is 5.91 Å². The predicted molar refractivity (Wildman–Crippen MR) is 123 cm³/mol. The van der Waals surface area contributed by atoms with Crippen LogP contribution in [0.4, 0.5) is 5.69 Å². The van der Waals surface area contributed by atoms with Gasteiger partial charge in [0, 0.05) is 23.2 Å². The average Bonchev–Trinajstić information content (AvgIpc) is 3.41. The minimum atomic E-state index is -0.497. The van der Waals surface area contributed by atoms with Crippen molar-refractivity contribution >= 4 is 40.6 Å². The summed E-state index contributed by atoms with van der Waals surface area (Å²) in [6.07, 6.45) is 0.699. The minimum Gasteiger partial charge on any atom is -0.324 e. The number of rotatable bonds is 5. The summed E-state index contributed by atoms with van der Waals surface area (Å²) in [4.78, 5) is 32.1. The molecule has 154 valence electrons. The van der Waals surface area contributed by atoms with E-state index in [2.05, 4.69) is 10.3 Å². The zero-order valence-corrected chi connectivity index (χ0v) is 18.6. The van der Waals surface area contributed by atoms with Crippen LogP contribution in [0.25, 0.3) is 0 Å². The van der Waals surface area contributed by atoms with Gasteiger partial charge in [-0.25, -0.2) is 4.98 Å². The van der Waals surface area contributed by atoms with Crippen molar-refractivity contribution in [3.63, 3.8) is 0 Å². The molecule has 2 amide bonds. The first-order valence-electron chi connectivity index (χ1n) is 9.76. The van der Waals surface area contributed by atoms with Crippen LogP contribution < -0.4 is 5.32 Å². The zero-order valence-electron chi connectivity index (χ0n) is 16.9. The monoisotopic (exact) mass is 437 g/mol. The molecule has 0 aliphatic carbocycles. The van der Waals surface area contributed by atoms with E-state index in [0.29, 0.717) is 23.7 Å². The third-order valence-corrected chi connectivity index (χ3v) is 7.05. The lowest BCUT2D eigenvalue weighted by atomic mass is 10.1. The summed E-state index contributed by atoms with van der Waals surface area (Å²) in [7, 11) is 0. The van der Waals surface area contributed by atoms with Crippen LogP contribution in [-0.4, -0.2) is 39.4 Å². The van der Waals surface area contributed by atoms with E-state index in [1.165, 1.54) is 16.9 Å². The topological polar surface area (TPSA) is 62.3 Å². The number of thiazole rings is 1. The third kappa shape index (κ3) is 4.57. The molecule has 1 saturated heterocycles. The Morgan fingerprint density at radius 2 is 1.93 bits per heavy atom. The second-order valence-electron chi connectivity index (χ2n) is 7.37. The summed E-state index contributed by atoms with van der Waals surface area (Å²) in [6, 6.07) is 15.4. The van der Waals surface area contributed by atoms with Crippen LogP contribution in [0.1, 0.15) is 32.2 Å². The molecule has 1 unspecified atom stereocenters. The number of benzene rings is 2. The van der Waals surface area contributed by atoms with Crippen LogP contribution in [0, 0.1) is 13.8 Å². The Labute approximate surface area is 184 Å². The summed E-state index contributed by atoms with van der Waals surface area (Å²) >= 11 is 3.07. The lowest BCUT2D eigenvalue weighted by molar-refractivity contribution is -0.119. The highest BCUT2D eigenvalue weighted by Gasteiger charge is 2.36. The second-order valence-corrected chi connectivity index (χ2v) is 9.31. The van der Waals surface area contributed by atoms with Crippen molar-refractivity contribution in [2.24, 2.45) is 0 Å². The standard InChI is InChI=1S/C23H23N3O2S2/c1-15-8-9-18(10-16(15)2)24-22(27)20-13-29-14-26(20)23(28)19-12-30-21(25-19)11-17-6-4-3-5-7-17/h3-10,12,20H,11,13-14H2,1-2H3,(H,24,27). The van der Waals surface area contributed by atoms with E-state index < -0.39 is 6.04 Å². The van der Waals surface area contributed by atoms with Crippen LogP contribution >= 0.6 is 23.1 Å². The molecule has 2 aromatic carbocycles. The summed E-state index contributed by atoms with van der Waals surface area (Å²) in [5.41, 5.74) is 4.63. The number of hydrogen-bond acceptors (Lipinski definition) is 5. The van der Waals surface area contributed by atoms with Gasteiger partial charge >= 0.3 is 0 Å². The quantitative estimate of drug-likeness (QED) is 0.638. The molecule has 3 aromatic rings. The van der Waals surface area contributed by atoms with Crippen molar-refractivity contribution in [2.45, 2.75) is 26.3 Å². The number of thioether (sulfide) groups is 1. The minimum absolute atomic E-state index is 0.156. The number of carbonyl (C=O) groups is 2. The Kier molecular flexibility index (Phi) is 6.20. The first-order valence-corrected chi connectivity index (χ1v) is 11.8. The summed E-state index contributed by atoms with van der Waals surface area (Å²) in [6.45, 7) is 4.05. The molecule has 2 heterocycles. The predicted octanol–water partition coefficient (Wildman–Crippen LogP) is 4.50. The molecule has 0 radical (unpaired) electrons. The Bertz CT molecular complexity index is 1070. The number of hydrogen-bond donors (Lipinski definition) is 1. The highest BCUT2D eigenvalue weighted by atomic mass is 32.2. The van der Waals surface area contributed by atoms with Crippen molar-refractivity contribution in [1.29, 1.82) is 0 Å². The van der Waals surface area contributed by atoms with Gasteiger partial charge in [0.05, 0.1) is 10.9 Å². The first kappa shape index (κ1) is 20.6. The number of carbonyl (C=O) groups excluding carboxylic acids is 2. The van der Waals surface area contributed by atoms with Gasteiger partial charge in [-0.3, -0.25) is 9.59 Å². The van der Waals surface area contributed by atoms with Crippen LogP contribution in [-0.2, 0) is 11.2 Å². The normalized spacial score (nSPS) is 15.9. The van der Waals surface area contributed by atoms with Gasteiger partial charge in [-0.15, -0.1) is 23.1 Å². The Hall–Kier alpha value is -2.64. The molecule has 1 aliphatic rings. The van der Waals surface area contributed by atoms with Crippen LogP contribution in [0.2, 0.25) is 0 Å². The highest BCUT2D eigenvalue weighted by molar-refractivity contribution is 7.99. The molecule has 1 N–H and O–H groups in total. The molecule has 0 saturated carbocycles. The van der Waals surface area contributed by atoms with Crippen molar-refractivity contribution in [2.75, 3.05) is 16.9 Å². The number of aromatic nitrogens is 1. The fourth-order valence-electron chi connectivity index (χ4n) is 3.31. The largest absolute Gasteiger partial charge is 0.324 e. The zero-order chi connectivity index (χ0) is 21.1. The van der Waals surface area contributed by atoms with Crippen molar-refractivity contribution in [1.82, 2.24) is 9.88 Å². The molecule has 0 bridgehead atoms. The van der Waals surface area contributed by atoms with E-state index in [9.17, 15) is 9.59 Å². The molecular formula is C23H23N3O2S2. The second kappa shape index (κ2) is 9.02. The van der Waals surface area contributed by atoms with E-state index in [-0.39, 0.29) is 11.8 Å². The van der Waals surface area contributed by atoms with Gasteiger partial charge in [0.1, 0.15) is 11.7 Å². The molecule has 1 fully saturated rings. The highest BCUT2D eigenvalue weighted by Crippen LogP contribution is 2.26. The molecule has 30 heavy (non-hydrogen) atoms.